The van der Waals surface area contributed by atoms with Gasteiger partial charge in [-0.2, -0.15) is 0 Å². The Kier molecular flexibility index (Phi) is 16.3. The summed E-state index contributed by atoms with van der Waals surface area (Å²) in [5.41, 5.74) is 18.3. The zero-order chi connectivity index (χ0) is 90.2. The predicted molar refractivity (Wildman–Crippen MR) is 415 cm³/mol. The molecule has 11 rings (SSSR count). The van der Waals surface area contributed by atoms with Gasteiger partial charge in [0.1, 0.15) is 28.2 Å². The molecule has 4 nitrogen and oxygen atoms in total. The molecule has 11 aromatic rings. The van der Waals surface area contributed by atoms with Crippen LogP contribution in [-0.4, -0.2) is 0 Å². The van der Waals surface area contributed by atoms with E-state index in [-0.39, 0.29) is 28.5 Å². The van der Waals surface area contributed by atoms with Gasteiger partial charge in [-0.25, -0.2) is 18.3 Å². The van der Waals surface area contributed by atoms with E-state index in [1.807, 2.05) is 282 Å². The summed E-state index contributed by atoms with van der Waals surface area (Å²) in [6.45, 7) is 14.8. The van der Waals surface area contributed by atoms with Crippen LogP contribution in [-0.2, 0) is 53.7 Å². The van der Waals surface area contributed by atoms with E-state index in [9.17, 15) is 0 Å². The summed E-state index contributed by atoms with van der Waals surface area (Å²) in [6, 6.07) is 55.5. The topological polar surface area (TPSA) is 15.5 Å². The molecule has 0 spiro atoms. The van der Waals surface area contributed by atoms with Crippen molar-refractivity contribution < 1.29 is 49.8 Å². The minimum absolute atomic E-state index is 0.0301. The molecule has 97 heavy (non-hydrogen) atoms. The highest BCUT2D eigenvalue weighted by Gasteiger charge is 2.23. The van der Waals surface area contributed by atoms with Gasteiger partial charge in [-0.3, -0.25) is 0 Å². The van der Waals surface area contributed by atoms with Crippen molar-refractivity contribution in [1.29, 1.82) is 0 Å². The Balaban J connectivity index is 0.000000200. The maximum Gasteiger partial charge on any atom is 0.212 e. The van der Waals surface area contributed by atoms with E-state index < -0.39 is 71.1 Å². The first kappa shape index (κ1) is 48.0. The Labute approximate surface area is 618 Å². The molecule has 7 aromatic carbocycles. The highest BCUT2D eigenvalue weighted by atomic mass is 14.9. The molecule has 0 aliphatic heterocycles. The minimum Gasteiger partial charge on any atom is -0.201 e. The lowest BCUT2D eigenvalue weighted by Gasteiger charge is -2.17. The molecular weight excluding hydrogens is 1170 g/mol. The van der Waals surface area contributed by atoms with E-state index in [2.05, 4.69) is 0 Å². The molecule has 0 atom stereocenters. The number of aryl methyl sites for hydroxylation is 14. The summed E-state index contributed by atoms with van der Waals surface area (Å²) >= 11 is 0. The number of nitrogens with zero attached hydrogens (tertiary/aromatic N) is 4. The van der Waals surface area contributed by atoms with Crippen LogP contribution in [0.5, 0.6) is 0 Å². The van der Waals surface area contributed by atoms with E-state index in [1.54, 1.807) is 61.9 Å². The van der Waals surface area contributed by atoms with Crippen LogP contribution in [0.3, 0.4) is 0 Å². The number of aromatic nitrogens is 4. The lowest BCUT2D eigenvalue weighted by Crippen LogP contribution is -2.32. The average Bonchev–Trinajstić information content (AvgIpc) is 0.749. The van der Waals surface area contributed by atoms with E-state index in [0.29, 0.717) is 66.9 Å². The molecule has 4 heteroatoms. The molecule has 0 fully saturated rings. The van der Waals surface area contributed by atoms with Gasteiger partial charge in [-0.15, -0.1) is 0 Å². The maximum atomic E-state index is 8.65. The van der Waals surface area contributed by atoms with E-state index in [4.69, 9.17) is 31.5 Å². The zero-order valence-electron chi connectivity index (χ0n) is 83.2. The van der Waals surface area contributed by atoms with Crippen LogP contribution in [0.1, 0.15) is 172 Å². The van der Waals surface area contributed by atoms with Crippen molar-refractivity contribution in [1.82, 2.24) is 0 Å². The molecule has 502 valence electrons. The highest BCUT2D eigenvalue weighted by Crippen LogP contribution is 2.36. The van der Waals surface area contributed by atoms with Crippen molar-refractivity contribution in [2.75, 3.05) is 0 Å². The molecule has 0 aliphatic rings. The molecule has 0 N–H and O–H groups in total. The first-order valence-corrected chi connectivity index (χ1v) is 33.4. The van der Waals surface area contributed by atoms with Gasteiger partial charge in [0, 0.05) is 100 Å². The molecule has 0 saturated heterocycles. The van der Waals surface area contributed by atoms with Crippen molar-refractivity contribution in [3.05, 3.63) is 285 Å². The Morgan fingerprint density at radius 3 is 1.13 bits per heavy atom. The van der Waals surface area contributed by atoms with Crippen LogP contribution in [0.4, 0.5) is 0 Å². The molecule has 4 heterocycles. The number of pyridine rings is 4. The molecule has 0 saturated carbocycles. The van der Waals surface area contributed by atoms with Gasteiger partial charge in [0.05, 0.1) is 0 Å². The first-order chi connectivity index (χ1) is 55.1. The zero-order valence-corrected chi connectivity index (χ0v) is 60.2. The third kappa shape index (κ3) is 19.7. The van der Waals surface area contributed by atoms with Gasteiger partial charge < -0.3 is 0 Å². The molecule has 0 radical (unpaired) electrons. The van der Waals surface area contributed by atoms with Crippen molar-refractivity contribution in [3.8, 4) is 78.4 Å². The predicted octanol–water partition coefficient (Wildman–Crippen LogP) is 22.0. The summed E-state index contributed by atoms with van der Waals surface area (Å²) in [5.74, 6) is -0.747. The first-order valence-electron chi connectivity index (χ1n) is 44.9. The fraction of sp³-hybridized carbons (Fsp3) is 0.333. The third-order valence-corrected chi connectivity index (χ3v) is 16.6. The lowest BCUT2D eigenvalue weighted by atomic mass is 9.88. The second kappa shape index (κ2) is 32.9. The highest BCUT2D eigenvalue weighted by molar-refractivity contribution is 5.78. The molecular formula is C93H114N4+4. The largest absolute Gasteiger partial charge is 0.212 e. The summed E-state index contributed by atoms with van der Waals surface area (Å²) in [7, 11) is 7.41. The van der Waals surface area contributed by atoms with Crippen molar-refractivity contribution in [3.63, 3.8) is 0 Å². The monoisotopic (exact) mass is 1310 g/mol. The molecule has 0 unspecified atom stereocenters. The number of hydrogen-bond donors (Lipinski definition) is 0. The van der Waals surface area contributed by atoms with Crippen LogP contribution >= 0.6 is 0 Å². The Morgan fingerprint density at radius 1 is 0.320 bits per heavy atom. The quantitative estimate of drug-likeness (QED) is 0.0965. The van der Waals surface area contributed by atoms with Gasteiger partial charge in [-0.05, 0) is 237 Å². The van der Waals surface area contributed by atoms with Crippen LogP contribution in [0.15, 0.2) is 207 Å². The second-order valence-electron chi connectivity index (χ2n) is 27.3. The smallest absolute Gasteiger partial charge is 0.201 e. The summed E-state index contributed by atoms with van der Waals surface area (Å²) in [4.78, 5) is 0. The number of hydrogen-bond acceptors (Lipinski definition) is 0. The van der Waals surface area contributed by atoms with Crippen LogP contribution in [0.25, 0.3) is 78.4 Å². The standard InChI is InChI=1S/2C25H30N.C24H28N.C19H26N/c1-17(2)12-22-16-26(6)25(14-18(22)3)24-15-23(19(4)13-20(24)5)21-10-8-7-9-11-21;1-17(2)12-22-14-25(26(6)16-20(22)5)24-15-23(18(3)13-19(24)4)21-10-8-7-9-11-21;1-17(2)13-20-11-12-24(25(5)16-20)23-15-22(18(3)14-19(23)4)21-9-7-6-8-10-21;1-14-7-9-17(15(2)11-14)18-10-8-16(13-20(18)6)12-19(3,4)5/h2*7-11,13-17H,12H2,1-6H3;6-12,14-17H,13H2,1-5H3;7-11,13H,12H2,1-6H3/q4*+1/i4D3,12D2;3D3,5D3,12D2;3D3,13D2;1D3,12D2. The van der Waals surface area contributed by atoms with Gasteiger partial charge >= 0.3 is 0 Å². The van der Waals surface area contributed by atoms with E-state index in [0.717, 1.165) is 72.7 Å². The summed E-state index contributed by atoms with van der Waals surface area (Å²) in [5, 5.41) is 0. The van der Waals surface area contributed by atoms with Gasteiger partial charge in [-0.1, -0.05) is 189 Å². The van der Waals surface area contributed by atoms with Crippen LogP contribution in [0.2, 0.25) is 0 Å². The Bertz CT molecular complexity index is 5480. The van der Waals surface area contributed by atoms with Gasteiger partial charge in [0.15, 0.2) is 24.8 Å². The maximum absolute atomic E-state index is 8.65. The average molecular weight is 1310 g/mol. The van der Waals surface area contributed by atoms with Crippen LogP contribution in [0, 0.1) is 92.0 Å². The van der Waals surface area contributed by atoms with E-state index in [1.165, 1.54) is 6.20 Å². The fourth-order valence-electron chi connectivity index (χ4n) is 12.0. The Hall–Kier alpha value is -8.86. The molecule has 0 bridgehead atoms. The summed E-state index contributed by atoms with van der Waals surface area (Å²) < 4.78 is 194. The van der Waals surface area contributed by atoms with Crippen molar-refractivity contribution >= 4 is 0 Å². The SMILES string of the molecule is [2H]C([2H])([2H])c1cc(C)c(-c2cc(C([2H])([2H])C(C)C)c(C([2H])([2H])[2H])c[n+]2C)cc1-c1ccccc1.[2H]C([2H])([2H])c1cc(C)c(-c2cc(C)c(C([2H])([2H])C(C)C)c[n+]2C)cc1-c1ccccc1.[2H]C([2H])([2H])c1cc(C)c(-c2ccc(C([2H])([2H])C(C)C)c[n+]2C)cc1-c1ccccc1.[2H]C([2H])([2H])c1ccc(-c2ccc(C([2H])([2H])C(C)(C)C)c[n+]2C)c(C)c1. The number of rotatable bonds is 14. The fourth-order valence-corrected chi connectivity index (χ4v) is 12.0. The van der Waals surface area contributed by atoms with Crippen molar-refractivity contribution in [2.45, 2.75) is 157 Å². The second-order valence-corrected chi connectivity index (χ2v) is 27.3. The van der Waals surface area contributed by atoms with Gasteiger partial charge in [0.25, 0.3) is 0 Å². The van der Waals surface area contributed by atoms with Crippen molar-refractivity contribution in [2.24, 2.45) is 51.4 Å². The number of benzene rings is 7. The molecule has 0 amide bonds. The minimum atomic E-state index is -2.48. The summed E-state index contributed by atoms with van der Waals surface area (Å²) in [6.07, 6.45) is 0.792. The van der Waals surface area contributed by atoms with Gasteiger partial charge in [0.2, 0.25) is 22.8 Å². The normalized spacial score (nSPS) is 16.0. The third-order valence-electron chi connectivity index (χ3n) is 16.6. The van der Waals surface area contributed by atoms with E-state index >= 15 is 0 Å². The molecule has 0 aliphatic carbocycles. The lowest BCUT2D eigenvalue weighted by molar-refractivity contribution is -0.661. The molecule has 4 aromatic heterocycles. The Morgan fingerprint density at radius 2 is 0.711 bits per heavy atom. The van der Waals surface area contributed by atoms with Crippen LogP contribution < -0.4 is 18.3 Å².